The first-order valence-corrected chi connectivity index (χ1v) is 12.4. The van der Waals surface area contributed by atoms with Gasteiger partial charge >= 0.3 is 0 Å². The van der Waals surface area contributed by atoms with Crippen molar-refractivity contribution in [3.63, 3.8) is 0 Å². The number of rotatable bonds is 4. The predicted octanol–water partition coefficient (Wildman–Crippen LogP) is 4.10. The second-order valence-electron chi connectivity index (χ2n) is 8.78. The van der Waals surface area contributed by atoms with Crippen LogP contribution in [-0.2, 0) is 11.3 Å². The highest BCUT2D eigenvalue weighted by Gasteiger charge is 2.32. The molecule has 0 radical (unpaired) electrons. The van der Waals surface area contributed by atoms with Crippen LogP contribution in [0.15, 0.2) is 60.0 Å². The van der Waals surface area contributed by atoms with Crippen LogP contribution in [0.2, 0.25) is 0 Å². The van der Waals surface area contributed by atoms with Gasteiger partial charge in [-0.15, -0.1) is 11.3 Å². The summed E-state index contributed by atoms with van der Waals surface area (Å²) in [5, 5.41) is 4.53. The van der Waals surface area contributed by atoms with E-state index in [0.717, 1.165) is 50.4 Å². The number of amides is 2. The van der Waals surface area contributed by atoms with Crippen molar-refractivity contribution < 1.29 is 9.59 Å². The summed E-state index contributed by atoms with van der Waals surface area (Å²) in [6.07, 6.45) is 1.54. The molecule has 2 aliphatic heterocycles. The third-order valence-electron chi connectivity index (χ3n) is 6.82. The maximum absolute atomic E-state index is 13.1. The first kappa shape index (κ1) is 21.2. The van der Waals surface area contributed by atoms with Crippen molar-refractivity contribution >= 4 is 33.9 Å². The van der Waals surface area contributed by atoms with E-state index < -0.39 is 0 Å². The van der Waals surface area contributed by atoms with Gasteiger partial charge in [0.15, 0.2) is 0 Å². The number of hydrogen-bond acceptors (Lipinski definition) is 4. The Labute approximate surface area is 193 Å². The molecule has 2 amide bonds. The lowest BCUT2D eigenvalue weighted by atomic mass is 9.94. The molecule has 32 heavy (non-hydrogen) atoms. The average molecular weight is 448 g/mol. The van der Waals surface area contributed by atoms with Crippen LogP contribution in [0.5, 0.6) is 0 Å². The van der Waals surface area contributed by atoms with Crippen LogP contribution in [0.4, 0.5) is 0 Å². The molecule has 2 saturated heterocycles. The lowest BCUT2D eigenvalue weighted by Gasteiger charge is -2.38. The van der Waals surface area contributed by atoms with E-state index in [-0.39, 0.29) is 17.7 Å². The molecule has 0 aliphatic carbocycles. The van der Waals surface area contributed by atoms with Crippen molar-refractivity contribution in [2.24, 2.45) is 5.92 Å². The molecule has 1 aromatic heterocycles. The minimum Gasteiger partial charge on any atom is -0.340 e. The van der Waals surface area contributed by atoms with E-state index in [1.54, 1.807) is 0 Å². The second kappa shape index (κ2) is 9.43. The summed E-state index contributed by atoms with van der Waals surface area (Å²) in [6, 6.07) is 18.8. The van der Waals surface area contributed by atoms with Gasteiger partial charge in [0.1, 0.15) is 0 Å². The number of thiophene rings is 1. The molecule has 0 bridgehead atoms. The van der Waals surface area contributed by atoms with E-state index in [1.807, 2.05) is 27.3 Å². The van der Waals surface area contributed by atoms with Crippen molar-refractivity contribution in [2.45, 2.75) is 19.4 Å². The third-order valence-corrected chi connectivity index (χ3v) is 7.68. The van der Waals surface area contributed by atoms with E-state index >= 15 is 0 Å². The molecular weight excluding hydrogens is 418 g/mol. The molecule has 3 heterocycles. The smallest absolute Gasteiger partial charge is 0.263 e. The molecule has 2 aliphatic rings. The SMILES string of the molecule is O=C(c1cccs1)N1CCC(C(=O)N2CCN(Cc3cccc4ccccc34)CC2)CC1. The van der Waals surface area contributed by atoms with E-state index in [9.17, 15) is 9.59 Å². The number of hydrogen-bond donors (Lipinski definition) is 0. The number of piperidine rings is 1. The van der Waals surface area contributed by atoms with Gasteiger partial charge in [0, 0.05) is 51.7 Å². The molecule has 6 heteroatoms. The molecule has 0 unspecified atom stereocenters. The molecule has 0 atom stereocenters. The van der Waals surface area contributed by atoms with Gasteiger partial charge < -0.3 is 9.80 Å². The second-order valence-corrected chi connectivity index (χ2v) is 9.73. The van der Waals surface area contributed by atoms with Gasteiger partial charge in [-0.2, -0.15) is 0 Å². The van der Waals surface area contributed by atoms with Gasteiger partial charge in [-0.25, -0.2) is 0 Å². The molecule has 3 aromatic rings. The zero-order chi connectivity index (χ0) is 21.9. The highest BCUT2D eigenvalue weighted by atomic mass is 32.1. The van der Waals surface area contributed by atoms with Gasteiger partial charge in [0.05, 0.1) is 4.88 Å². The Hall–Kier alpha value is -2.70. The molecule has 0 saturated carbocycles. The van der Waals surface area contributed by atoms with Crippen LogP contribution in [0, 0.1) is 5.92 Å². The summed E-state index contributed by atoms with van der Waals surface area (Å²) >= 11 is 1.48. The highest BCUT2D eigenvalue weighted by molar-refractivity contribution is 7.12. The van der Waals surface area contributed by atoms with E-state index in [0.29, 0.717) is 13.1 Å². The molecule has 2 fully saturated rings. The minimum atomic E-state index is 0.0482. The summed E-state index contributed by atoms with van der Waals surface area (Å²) in [5.41, 5.74) is 1.35. The summed E-state index contributed by atoms with van der Waals surface area (Å²) in [4.78, 5) is 32.8. The fourth-order valence-corrected chi connectivity index (χ4v) is 5.63. The maximum Gasteiger partial charge on any atom is 0.263 e. The van der Waals surface area contributed by atoms with Gasteiger partial charge in [-0.05, 0) is 40.6 Å². The van der Waals surface area contributed by atoms with Crippen LogP contribution in [0.1, 0.15) is 28.1 Å². The number of benzene rings is 2. The molecule has 5 nitrogen and oxygen atoms in total. The third kappa shape index (κ3) is 4.43. The highest BCUT2D eigenvalue weighted by Crippen LogP contribution is 2.24. The summed E-state index contributed by atoms with van der Waals surface area (Å²) < 4.78 is 0. The van der Waals surface area contributed by atoms with E-state index in [4.69, 9.17) is 0 Å². The Morgan fingerprint density at radius 3 is 2.31 bits per heavy atom. The Balaban J connectivity index is 1.12. The van der Waals surface area contributed by atoms with Crippen molar-refractivity contribution in [3.05, 3.63) is 70.4 Å². The molecule has 166 valence electrons. The number of piperazine rings is 1. The van der Waals surface area contributed by atoms with E-state index in [1.165, 1.54) is 27.7 Å². The van der Waals surface area contributed by atoms with Crippen molar-refractivity contribution in [1.82, 2.24) is 14.7 Å². The fourth-order valence-electron chi connectivity index (χ4n) is 4.94. The number of carbonyl (C=O) groups excluding carboxylic acids is 2. The predicted molar refractivity (Wildman–Crippen MR) is 129 cm³/mol. The molecule has 0 N–H and O–H groups in total. The van der Waals surface area contributed by atoms with Crippen LogP contribution < -0.4 is 0 Å². The minimum absolute atomic E-state index is 0.0482. The molecular formula is C26H29N3O2S. The molecule has 5 rings (SSSR count). The summed E-state index contributed by atoms with van der Waals surface area (Å²) in [6.45, 7) is 5.67. The lowest BCUT2D eigenvalue weighted by Crippen LogP contribution is -2.51. The van der Waals surface area contributed by atoms with Crippen molar-refractivity contribution in [3.8, 4) is 0 Å². The zero-order valence-corrected chi connectivity index (χ0v) is 19.1. The largest absolute Gasteiger partial charge is 0.340 e. The van der Waals surface area contributed by atoms with Gasteiger partial charge in [0.25, 0.3) is 5.91 Å². The zero-order valence-electron chi connectivity index (χ0n) is 18.3. The normalized spacial score (nSPS) is 18.2. The standard InChI is InChI=1S/C26H29N3O2S/c30-25(21-10-12-28(13-11-21)26(31)24-9-4-18-32-24)29-16-14-27(15-17-29)19-22-7-3-6-20-5-1-2-8-23(20)22/h1-9,18,21H,10-17,19H2. The Bertz CT molecular complexity index is 1080. The first-order valence-electron chi connectivity index (χ1n) is 11.5. The van der Waals surface area contributed by atoms with Crippen molar-refractivity contribution in [2.75, 3.05) is 39.3 Å². The maximum atomic E-state index is 13.1. The van der Waals surface area contributed by atoms with Gasteiger partial charge in [-0.1, -0.05) is 48.5 Å². The fraction of sp³-hybridized carbons (Fsp3) is 0.385. The Morgan fingerprint density at radius 1 is 0.812 bits per heavy atom. The van der Waals surface area contributed by atoms with Crippen molar-refractivity contribution in [1.29, 1.82) is 0 Å². The Kier molecular flexibility index (Phi) is 6.23. The number of fused-ring (bicyclic) bond motifs is 1. The molecule has 2 aromatic carbocycles. The topological polar surface area (TPSA) is 43.9 Å². The van der Waals surface area contributed by atoms with Crippen LogP contribution >= 0.6 is 11.3 Å². The van der Waals surface area contributed by atoms with Crippen LogP contribution in [-0.4, -0.2) is 65.8 Å². The number of nitrogens with zero attached hydrogens (tertiary/aromatic N) is 3. The quantitative estimate of drug-likeness (QED) is 0.605. The van der Waals surface area contributed by atoms with Crippen LogP contribution in [0.25, 0.3) is 10.8 Å². The lowest BCUT2D eigenvalue weighted by molar-refractivity contribution is -0.138. The van der Waals surface area contributed by atoms with Gasteiger partial charge in [0.2, 0.25) is 5.91 Å². The summed E-state index contributed by atoms with van der Waals surface area (Å²) in [7, 11) is 0. The first-order chi connectivity index (χ1) is 15.7. The number of likely N-dealkylation sites (tertiary alicyclic amines) is 1. The summed E-state index contributed by atoms with van der Waals surface area (Å²) in [5.74, 6) is 0.429. The number of carbonyl (C=O) groups is 2. The van der Waals surface area contributed by atoms with Gasteiger partial charge in [-0.3, -0.25) is 14.5 Å². The average Bonchev–Trinajstić information content (AvgIpc) is 3.39. The Morgan fingerprint density at radius 2 is 1.56 bits per heavy atom. The van der Waals surface area contributed by atoms with Crippen LogP contribution in [0.3, 0.4) is 0 Å². The monoisotopic (exact) mass is 447 g/mol. The molecule has 0 spiro atoms. The van der Waals surface area contributed by atoms with E-state index in [2.05, 4.69) is 47.4 Å².